The number of nitrogens with one attached hydrogen (secondary N) is 1. The number of nitrogens with two attached hydrogens (primary N) is 1. The van der Waals surface area contributed by atoms with Gasteiger partial charge in [-0.05, 0) is 48.9 Å². The summed E-state index contributed by atoms with van der Waals surface area (Å²) < 4.78 is 9.79. The monoisotopic (exact) mass is 404 g/mol. The number of ether oxygens (including phenoxy) is 2. The van der Waals surface area contributed by atoms with E-state index in [1.165, 1.54) is 20.1 Å². The molecule has 0 aliphatic rings. The Balaban J connectivity index is 1.83. The Kier molecular flexibility index (Phi) is 7.54. The topological polar surface area (TPSA) is 108 Å². The Morgan fingerprint density at radius 2 is 1.75 bits per heavy atom. The summed E-state index contributed by atoms with van der Waals surface area (Å²) in [7, 11) is 1.29. The molecule has 0 saturated carbocycles. The zero-order chi connectivity index (χ0) is 20.7. The summed E-state index contributed by atoms with van der Waals surface area (Å²) in [6, 6.07) is 11.1. The van der Waals surface area contributed by atoms with Crippen molar-refractivity contribution in [1.82, 2.24) is 5.32 Å². The van der Waals surface area contributed by atoms with Crippen molar-refractivity contribution in [2.75, 3.05) is 19.4 Å². The molecule has 8 heteroatoms. The van der Waals surface area contributed by atoms with Gasteiger partial charge in [-0.25, -0.2) is 4.79 Å². The molecule has 28 heavy (non-hydrogen) atoms. The van der Waals surface area contributed by atoms with Crippen molar-refractivity contribution in [1.29, 1.82) is 0 Å². The van der Waals surface area contributed by atoms with Crippen LogP contribution >= 0.6 is 11.6 Å². The zero-order valence-corrected chi connectivity index (χ0v) is 16.3. The number of carbonyl (C=O) groups is 3. The number of esters is 2. The van der Waals surface area contributed by atoms with Crippen molar-refractivity contribution in [3.05, 3.63) is 64.2 Å². The highest BCUT2D eigenvalue weighted by Gasteiger charge is 2.19. The maximum Gasteiger partial charge on any atom is 0.337 e. The molecule has 0 amide bonds. The van der Waals surface area contributed by atoms with Gasteiger partial charge in [-0.3, -0.25) is 9.59 Å². The predicted octanol–water partition coefficient (Wildman–Crippen LogP) is 2.61. The summed E-state index contributed by atoms with van der Waals surface area (Å²) in [5.41, 5.74) is 7.78. The van der Waals surface area contributed by atoms with Crippen molar-refractivity contribution in [2.45, 2.75) is 19.6 Å². The number of ketones is 1. The second-order valence-corrected chi connectivity index (χ2v) is 6.45. The lowest BCUT2D eigenvalue weighted by Crippen LogP contribution is -2.30. The fourth-order valence-corrected chi connectivity index (χ4v) is 2.57. The fourth-order valence-electron chi connectivity index (χ4n) is 2.44. The van der Waals surface area contributed by atoms with Crippen LogP contribution in [0.1, 0.15) is 33.2 Å². The molecule has 1 atom stereocenters. The number of halogens is 1. The Morgan fingerprint density at radius 3 is 2.36 bits per heavy atom. The highest BCUT2D eigenvalue weighted by molar-refractivity contribution is 6.30. The number of hydrogen-bond acceptors (Lipinski definition) is 7. The van der Waals surface area contributed by atoms with Crippen LogP contribution in [-0.2, 0) is 20.8 Å². The molecule has 0 heterocycles. The number of benzene rings is 2. The van der Waals surface area contributed by atoms with Crippen LogP contribution in [0.4, 0.5) is 5.69 Å². The van der Waals surface area contributed by atoms with Gasteiger partial charge in [-0.1, -0.05) is 17.7 Å². The smallest absolute Gasteiger partial charge is 0.337 e. The Hall–Kier alpha value is -2.90. The van der Waals surface area contributed by atoms with E-state index in [1.54, 1.807) is 36.4 Å². The normalized spacial score (nSPS) is 11.5. The average molecular weight is 405 g/mol. The minimum atomic E-state index is -0.917. The van der Waals surface area contributed by atoms with Crippen molar-refractivity contribution >= 4 is 35.0 Å². The molecule has 0 fully saturated rings. The van der Waals surface area contributed by atoms with Gasteiger partial charge >= 0.3 is 11.9 Å². The van der Waals surface area contributed by atoms with E-state index in [4.69, 9.17) is 22.1 Å². The molecular formula is C20H21ClN2O5. The molecule has 2 aromatic carbocycles. The first-order chi connectivity index (χ1) is 13.3. The van der Waals surface area contributed by atoms with Gasteiger partial charge in [0.05, 0.1) is 19.2 Å². The molecule has 1 unspecified atom stereocenters. The standard InChI is InChI=1S/C20H21ClN2O5/c1-12(19(25)13-5-7-16(21)8-6-13)28-18(24)11-23-10-15-4-3-14(9-17(15)22)20(26)27-2/h3-9,12,23H,10-11,22H2,1-2H3. The Bertz CT molecular complexity index is 867. The second-order valence-electron chi connectivity index (χ2n) is 6.01. The zero-order valence-electron chi connectivity index (χ0n) is 15.5. The van der Waals surface area contributed by atoms with E-state index in [1.807, 2.05) is 0 Å². The van der Waals surface area contributed by atoms with E-state index in [0.717, 1.165) is 0 Å². The number of hydrogen-bond donors (Lipinski definition) is 2. The maximum absolute atomic E-state index is 12.2. The fraction of sp³-hybridized carbons (Fsp3) is 0.250. The molecule has 0 aromatic heterocycles. The lowest BCUT2D eigenvalue weighted by atomic mass is 10.1. The lowest BCUT2D eigenvalue weighted by Gasteiger charge is -2.13. The van der Waals surface area contributed by atoms with Crippen molar-refractivity contribution < 1.29 is 23.9 Å². The van der Waals surface area contributed by atoms with Gasteiger partial charge in [0, 0.05) is 22.8 Å². The summed E-state index contributed by atoms with van der Waals surface area (Å²) >= 11 is 5.79. The maximum atomic E-state index is 12.2. The molecule has 3 N–H and O–H groups in total. The molecule has 0 saturated heterocycles. The molecule has 0 spiro atoms. The SMILES string of the molecule is COC(=O)c1ccc(CNCC(=O)OC(C)C(=O)c2ccc(Cl)cc2)c(N)c1. The average Bonchev–Trinajstić information content (AvgIpc) is 2.68. The molecular weight excluding hydrogens is 384 g/mol. The van der Waals surface area contributed by atoms with Gasteiger partial charge in [0.2, 0.25) is 5.78 Å². The van der Waals surface area contributed by atoms with E-state index < -0.39 is 18.0 Å². The summed E-state index contributed by atoms with van der Waals surface area (Å²) in [6.07, 6.45) is -0.917. The van der Waals surface area contributed by atoms with E-state index in [0.29, 0.717) is 33.9 Å². The van der Waals surface area contributed by atoms with Gasteiger partial charge in [0.25, 0.3) is 0 Å². The number of nitrogen functional groups attached to an aromatic ring is 1. The second kappa shape index (κ2) is 9.87. The van der Waals surface area contributed by atoms with E-state index in [2.05, 4.69) is 10.1 Å². The first-order valence-corrected chi connectivity index (χ1v) is 8.86. The molecule has 0 aliphatic heterocycles. The van der Waals surface area contributed by atoms with Crippen LogP contribution in [0.2, 0.25) is 5.02 Å². The molecule has 148 valence electrons. The third-order valence-electron chi connectivity index (χ3n) is 3.96. The summed E-state index contributed by atoms with van der Waals surface area (Å²) in [6.45, 7) is 1.71. The van der Waals surface area contributed by atoms with Crippen molar-refractivity contribution in [3.63, 3.8) is 0 Å². The van der Waals surface area contributed by atoms with Crippen LogP contribution < -0.4 is 11.1 Å². The first kappa shape index (κ1) is 21.4. The molecule has 7 nitrogen and oxygen atoms in total. The summed E-state index contributed by atoms with van der Waals surface area (Å²) in [4.78, 5) is 35.7. The quantitative estimate of drug-likeness (QED) is 0.395. The van der Waals surface area contributed by atoms with E-state index in [9.17, 15) is 14.4 Å². The largest absolute Gasteiger partial charge is 0.465 e. The van der Waals surface area contributed by atoms with Crippen LogP contribution in [0.3, 0.4) is 0 Å². The lowest BCUT2D eigenvalue weighted by molar-refractivity contribution is -0.145. The Morgan fingerprint density at radius 1 is 1.11 bits per heavy atom. The molecule has 2 aromatic rings. The summed E-state index contributed by atoms with van der Waals surface area (Å²) in [5.74, 6) is -1.36. The summed E-state index contributed by atoms with van der Waals surface area (Å²) in [5, 5.41) is 3.41. The number of rotatable bonds is 8. The van der Waals surface area contributed by atoms with Crippen LogP contribution in [0.5, 0.6) is 0 Å². The minimum Gasteiger partial charge on any atom is -0.465 e. The van der Waals surface area contributed by atoms with Crippen LogP contribution in [0.25, 0.3) is 0 Å². The first-order valence-electron chi connectivity index (χ1n) is 8.48. The van der Waals surface area contributed by atoms with Crippen LogP contribution in [0, 0.1) is 0 Å². The van der Waals surface area contributed by atoms with Crippen LogP contribution in [0.15, 0.2) is 42.5 Å². The van der Waals surface area contributed by atoms with Gasteiger partial charge in [0.15, 0.2) is 6.10 Å². The number of carbonyl (C=O) groups excluding carboxylic acids is 3. The molecule has 0 radical (unpaired) electrons. The number of methoxy groups -OCH3 is 1. The molecule has 2 rings (SSSR count). The van der Waals surface area contributed by atoms with Gasteiger partial charge in [-0.15, -0.1) is 0 Å². The Labute approximate surface area is 167 Å². The van der Waals surface area contributed by atoms with Crippen LogP contribution in [-0.4, -0.2) is 37.5 Å². The van der Waals surface area contributed by atoms with Gasteiger partial charge < -0.3 is 20.5 Å². The minimum absolute atomic E-state index is 0.101. The molecule has 0 bridgehead atoms. The van der Waals surface area contributed by atoms with E-state index >= 15 is 0 Å². The predicted molar refractivity (Wildman–Crippen MR) is 105 cm³/mol. The van der Waals surface area contributed by atoms with Crippen molar-refractivity contribution in [2.24, 2.45) is 0 Å². The van der Waals surface area contributed by atoms with Gasteiger partial charge in [0.1, 0.15) is 0 Å². The number of Topliss-reactive ketones (excluding diaryl/α,β-unsaturated/α-hetero) is 1. The van der Waals surface area contributed by atoms with Gasteiger partial charge in [-0.2, -0.15) is 0 Å². The highest BCUT2D eigenvalue weighted by Crippen LogP contribution is 2.15. The van der Waals surface area contributed by atoms with Crippen molar-refractivity contribution in [3.8, 4) is 0 Å². The molecule has 0 aliphatic carbocycles. The third-order valence-corrected chi connectivity index (χ3v) is 4.21. The highest BCUT2D eigenvalue weighted by atomic mass is 35.5. The number of anilines is 1. The third kappa shape index (κ3) is 5.80. The van der Waals surface area contributed by atoms with E-state index in [-0.39, 0.29) is 12.3 Å².